The van der Waals surface area contributed by atoms with E-state index in [0.29, 0.717) is 31.9 Å². The van der Waals surface area contributed by atoms with Gasteiger partial charge in [-0.25, -0.2) is 9.59 Å². The van der Waals surface area contributed by atoms with Gasteiger partial charge in [-0.1, -0.05) is 0 Å². The fourth-order valence-corrected chi connectivity index (χ4v) is 4.03. The number of alkyl halides is 6. The SMILES string of the molecule is O=C(O)C(F)(F)F.O=C(O)C(F)(F)F.O=C(c1cccnc1)N1CCO[C@]2(CCC[C@H]2COc2cccnc2)C1. The molecule has 1 amide bonds. The summed E-state index contributed by atoms with van der Waals surface area (Å²) >= 11 is 0. The summed E-state index contributed by atoms with van der Waals surface area (Å²) in [6, 6.07) is 7.39. The maximum Gasteiger partial charge on any atom is 0.490 e. The zero-order valence-electron chi connectivity index (χ0n) is 20.7. The molecule has 1 spiro atoms. The molecule has 1 saturated carbocycles. The van der Waals surface area contributed by atoms with E-state index in [1.165, 1.54) is 0 Å². The summed E-state index contributed by atoms with van der Waals surface area (Å²) in [4.78, 5) is 40.7. The number of ether oxygens (including phenoxy) is 2. The van der Waals surface area contributed by atoms with Crippen molar-refractivity contribution in [3.63, 3.8) is 0 Å². The van der Waals surface area contributed by atoms with Gasteiger partial charge < -0.3 is 24.6 Å². The summed E-state index contributed by atoms with van der Waals surface area (Å²) < 4.78 is 75.7. The Bertz CT molecular complexity index is 1100. The van der Waals surface area contributed by atoms with Crippen LogP contribution in [0.25, 0.3) is 0 Å². The van der Waals surface area contributed by atoms with Crippen molar-refractivity contribution in [1.82, 2.24) is 14.9 Å². The van der Waals surface area contributed by atoms with Crippen LogP contribution in [-0.2, 0) is 14.3 Å². The molecule has 1 aliphatic carbocycles. The predicted molar refractivity (Wildman–Crippen MR) is 123 cm³/mol. The topological polar surface area (TPSA) is 139 Å². The van der Waals surface area contributed by atoms with Gasteiger partial charge in [-0.15, -0.1) is 0 Å². The van der Waals surface area contributed by atoms with E-state index in [0.717, 1.165) is 25.0 Å². The van der Waals surface area contributed by atoms with Gasteiger partial charge in [0.1, 0.15) is 5.75 Å². The number of nitrogens with zero attached hydrogens (tertiary/aromatic N) is 3. The number of amides is 1. The van der Waals surface area contributed by atoms with Crippen molar-refractivity contribution in [3.8, 4) is 5.75 Å². The first-order valence-electron chi connectivity index (χ1n) is 11.6. The Morgan fingerprint density at radius 2 is 1.57 bits per heavy atom. The molecule has 1 aliphatic heterocycles. The molecule has 2 aromatic rings. The van der Waals surface area contributed by atoms with Crippen LogP contribution in [0.1, 0.15) is 29.6 Å². The van der Waals surface area contributed by atoms with E-state index in [1.807, 2.05) is 23.1 Å². The van der Waals surface area contributed by atoms with Crippen LogP contribution in [0.2, 0.25) is 0 Å². The fourth-order valence-electron chi connectivity index (χ4n) is 4.03. The molecule has 16 heteroatoms. The zero-order chi connectivity index (χ0) is 30.0. The average molecular weight is 581 g/mol. The number of hydrogen-bond acceptors (Lipinski definition) is 7. The van der Waals surface area contributed by atoms with Crippen molar-refractivity contribution in [2.75, 3.05) is 26.3 Å². The molecule has 0 aromatic carbocycles. The number of aliphatic carboxylic acids is 2. The quantitative estimate of drug-likeness (QED) is 0.516. The van der Waals surface area contributed by atoms with Crippen LogP contribution in [0, 0.1) is 5.92 Å². The highest BCUT2D eigenvalue weighted by Crippen LogP contribution is 2.41. The first kappa shape index (κ1) is 32.3. The number of carboxylic acids is 2. The lowest BCUT2D eigenvalue weighted by atomic mass is 9.89. The number of carbonyl (C=O) groups is 3. The van der Waals surface area contributed by atoms with Gasteiger partial charge in [0.25, 0.3) is 5.91 Å². The van der Waals surface area contributed by atoms with E-state index in [-0.39, 0.29) is 17.4 Å². The van der Waals surface area contributed by atoms with Crippen LogP contribution in [0.4, 0.5) is 26.3 Å². The van der Waals surface area contributed by atoms with Crippen LogP contribution >= 0.6 is 0 Å². The number of hydrogen-bond donors (Lipinski definition) is 2. The minimum absolute atomic E-state index is 0.0274. The van der Waals surface area contributed by atoms with E-state index < -0.39 is 24.3 Å². The van der Waals surface area contributed by atoms with Crippen molar-refractivity contribution in [2.24, 2.45) is 5.92 Å². The molecule has 2 atom stereocenters. The Morgan fingerprint density at radius 1 is 1.00 bits per heavy atom. The Morgan fingerprint density at radius 3 is 2.08 bits per heavy atom. The maximum atomic E-state index is 12.8. The highest BCUT2D eigenvalue weighted by atomic mass is 19.4. The van der Waals surface area contributed by atoms with Crippen molar-refractivity contribution in [1.29, 1.82) is 0 Å². The molecule has 40 heavy (non-hydrogen) atoms. The predicted octanol–water partition coefficient (Wildman–Crippen LogP) is 3.83. The second-order valence-electron chi connectivity index (χ2n) is 8.58. The molecule has 2 aliphatic rings. The van der Waals surface area contributed by atoms with Crippen LogP contribution in [-0.4, -0.2) is 87.2 Å². The zero-order valence-corrected chi connectivity index (χ0v) is 20.7. The van der Waals surface area contributed by atoms with Crippen molar-refractivity contribution < 1.29 is 60.4 Å². The lowest BCUT2D eigenvalue weighted by Gasteiger charge is -2.44. The lowest BCUT2D eigenvalue weighted by Crippen LogP contribution is -2.56. The minimum Gasteiger partial charge on any atom is -0.492 e. The molecule has 220 valence electrons. The number of carbonyl (C=O) groups excluding carboxylic acids is 1. The lowest BCUT2D eigenvalue weighted by molar-refractivity contribution is -0.193. The first-order chi connectivity index (χ1) is 18.7. The number of carboxylic acid groups (broad SMARTS) is 2. The minimum atomic E-state index is -5.08. The average Bonchev–Trinajstić information content (AvgIpc) is 3.28. The molecular formula is C24H25F6N3O7. The van der Waals surface area contributed by atoms with Crippen molar-refractivity contribution in [3.05, 3.63) is 54.6 Å². The third-order valence-electron chi connectivity index (χ3n) is 5.87. The third-order valence-corrected chi connectivity index (χ3v) is 5.87. The highest BCUT2D eigenvalue weighted by Gasteiger charge is 2.48. The van der Waals surface area contributed by atoms with Gasteiger partial charge in [0.2, 0.25) is 0 Å². The molecule has 3 heterocycles. The molecule has 2 aromatic heterocycles. The molecule has 0 bridgehead atoms. The normalized spacial score (nSPS) is 20.4. The van der Waals surface area contributed by atoms with Gasteiger partial charge in [0.05, 0.1) is 37.1 Å². The van der Waals surface area contributed by atoms with Gasteiger partial charge in [-0.05, 0) is 43.5 Å². The molecule has 2 fully saturated rings. The number of morpholine rings is 1. The number of pyridine rings is 2. The molecular weight excluding hydrogens is 556 g/mol. The molecule has 0 unspecified atom stereocenters. The largest absolute Gasteiger partial charge is 0.492 e. The number of rotatable bonds is 4. The molecule has 0 radical (unpaired) electrons. The molecule has 2 N–H and O–H groups in total. The number of halogens is 6. The molecule has 1 saturated heterocycles. The van der Waals surface area contributed by atoms with E-state index in [2.05, 4.69) is 9.97 Å². The highest BCUT2D eigenvalue weighted by molar-refractivity contribution is 5.94. The second kappa shape index (κ2) is 13.9. The van der Waals surface area contributed by atoms with Gasteiger partial charge in [0, 0.05) is 31.1 Å². The van der Waals surface area contributed by atoms with E-state index in [1.54, 1.807) is 30.9 Å². The van der Waals surface area contributed by atoms with Crippen LogP contribution in [0.3, 0.4) is 0 Å². The first-order valence-corrected chi connectivity index (χ1v) is 11.6. The van der Waals surface area contributed by atoms with Crippen molar-refractivity contribution in [2.45, 2.75) is 37.2 Å². The summed E-state index contributed by atoms with van der Waals surface area (Å²) in [5.41, 5.74) is 0.323. The van der Waals surface area contributed by atoms with E-state index >= 15 is 0 Å². The second-order valence-corrected chi connectivity index (χ2v) is 8.58. The molecule has 4 rings (SSSR count). The van der Waals surface area contributed by atoms with Gasteiger partial charge in [-0.2, -0.15) is 26.3 Å². The van der Waals surface area contributed by atoms with Gasteiger partial charge in [0.15, 0.2) is 0 Å². The fraction of sp³-hybridized carbons (Fsp3) is 0.458. The van der Waals surface area contributed by atoms with Crippen LogP contribution < -0.4 is 4.74 Å². The summed E-state index contributed by atoms with van der Waals surface area (Å²) in [5.74, 6) is -4.44. The summed E-state index contributed by atoms with van der Waals surface area (Å²) in [5, 5.41) is 14.2. The standard InChI is InChI=1S/C20H23N3O3.2C2HF3O2/c24-19(16-4-2-8-21-12-16)23-10-11-26-20(15-23)7-1-5-17(20)14-25-18-6-3-9-22-13-18;2*3-2(4,5)1(6)7/h2-4,6,8-9,12-13,17H,1,5,7,10-11,14-15H2;2*(H,6,7)/t17-,20+;;/m0../s1. The Hall–Kier alpha value is -3.95. The maximum absolute atomic E-state index is 12.8. The summed E-state index contributed by atoms with van der Waals surface area (Å²) in [7, 11) is 0. The Labute approximate surface area is 223 Å². The number of aromatic nitrogens is 2. The van der Waals surface area contributed by atoms with Crippen molar-refractivity contribution >= 4 is 17.8 Å². The smallest absolute Gasteiger partial charge is 0.490 e. The van der Waals surface area contributed by atoms with Crippen LogP contribution in [0.5, 0.6) is 5.75 Å². The van der Waals surface area contributed by atoms with Crippen LogP contribution in [0.15, 0.2) is 49.1 Å². The monoisotopic (exact) mass is 581 g/mol. The van der Waals surface area contributed by atoms with E-state index in [9.17, 15) is 31.1 Å². The van der Waals surface area contributed by atoms with E-state index in [4.69, 9.17) is 29.3 Å². The molecule has 10 nitrogen and oxygen atoms in total. The van der Waals surface area contributed by atoms with Gasteiger partial charge in [-0.3, -0.25) is 14.8 Å². The summed E-state index contributed by atoms with van der Waals surface area (Å²) in [6.45, 7) is 2.38. The third kappa shape index (κ3) is 9.66. The Kier molecular flexibility index (Phi) is 11.2. The Balaban J connectivity index is 0.000000333. The van der Waals surface area contributed by atoms with Gasteiger partial charge >= 0.3 is 24.3 Å². The summed E-state index contributed by atoms with van der Waals surface area (Å²) in [6.07, 6.45) is -0.295.